The van der Waals surface area contributed by atoms with Gasteiger partial charge in [-0.25, -0.2) is 4.79 Å². The van der Waals surface area contributed by atoms with Crippen LogP contribution in [0, 0.1) is 5.41 Å². The van der Waals surface area contributed by atoms with Gasteiger partial charge in [-0.2, -0.15) is 0 Å². The van der Waals surface area contributed by atoms with Gasteiger partial charge >= 0.3 is 5.76 Å². The van der Waals surface area contributed by atoms with E-state index in [1.54, 1.807) is 0 Å². The highest BCUT2D eigenvalue weighted by molar-refractivity contribution is 5.72. The van der Waals surface area contributed by atoms with Gasteiger partial charge < -0.3 is 10.2 Å². The number of hydrogen-bond donors (Lipinski definition) is 2. The van der Waals surface area contributed by atoms with Crippen LogP contribution in [0.25, 0.3) is 11.1 Å². The third-order valence-corrected chi connectivity index (χ3v) is 2.99. The van der Waals surface area contributed by atoms with Gasteiger partial charge in [0.05, 0.1) is 5.52 Å². The van der Waals surface area contributed by atoms with Crippen LogP contribution in [0.3, 0.4) is 0 Å². The Morgan fingerprint density at radius 1 is 1.41 bits per heavy atom. The van der Waals surface area contributed by atoms with Crippen LogP contribution < -0.4 is 11.5 Å². The minimum Gasteiger partial charge on any atom is -0.408 e. The Bertz CT molecular complexity index is 566. The molecule has 1 aromatic carbocycles. The average molecular weight is 234 g/mol. The Labute approximate surface area is 99.8 Å². The number of nitrogens with two attached hydrogens (primary N) is 1. The zero-order valence-corrected chi connectivity index (χ0v) is 10.2. The number of rotatable bonds is 4. The summed E-state index contributed by atoms with van der Waals surface area (Å²) in [4.78, 5) is 13.7. The van der Waals surface area contributed by atoms with E-state index in [0.717, 1.165) is 18.4 Å². The summed E-state index contributed by atoms with van der Waals surface area (Å²) in [7, 11) is 0. The Morgan fingerprint density at radius 3 is 2.88 bits per heavy atom. The zero-order chi connectivity index (χ0) is 12.5. The molecule has 3 N–H and O–H groups in total. The lowest BCUT2D eigenvalue weighted by molar-refractivity contribution is 0.339. The summed E-state index contributed by atoms with van der Waals surface area (Å²) in [5, 5.41) is 0. The summed E-state index contributed by atoms with van der Waals surface area (Å²) in [5.41, 5.74) is 8.30. The number of aromatic nitrogens is 1. The molecule has 0 unspecified atom stereocenters. The number of aromatic amines is 1. The van der Waals surface area contributed by atoms with Crippen LogP contribution in [0.5, 0.6) is 0 Å². The molecule has 2 rings (SSSR count). The van der Waals surface area contributed by atoms with E-state index in [0.29, 0.717) is 12.1 Å². The maximum atomic E-state index is 11.0. The fourth-order valence-electron chi connectivity index (χ4n) is 2.13. The third kappa shape index (κ3) is 2.77. The van der Waals surface area contributed by atoms with Gasteiger partial charge in [-0.1, -0.05) is 19.9 Å². The number of benzene rings is 1. The lowest BCUT2D eigenvalue weighted by Crippen LogP contribution is -2.19. The summed E-state index contributed by atoms with van der Waals surface area (Å²) < 4.78 is 5.05. The molecule has 0 aliphatic carbocycles. The molecule has 0 atom stereocenters. The van der Waals surface area contributed by atoms with E-state index in [2.05, 4.69) is 18.8 Å². The SMILES string of the molecule is CC(C)(CCN)Cc1ccc2[nH]c(=O)oc2c1. The first-order chi connectivity index (χ1) is 8.00. The van der Waals surface area contributed by atoms with E-state index in [-0.39, 0.29) is 5.41 Å². The highest BCUT2D eigenvalue weighted by atomic mass is 16.4. The molecule has 0 spiro atoms. The smallest absolute Gasteiger partial charge is 0.408 e. The highest BCUT2D eigenvalue weighted by Gasteiger charge is 2.17. The quantitative estimate of drug-likeness (QED) is 0.850. The van der Waals surface area contributed by atoms with Crippen molar-refractivity contribution < 1.29 is 4.42 Å². The molecule has 0 radical (unpaired) electrons. The van der Waals surface area contributed by atoms with Crippen LogP contribution in [0.4, 0.5) is 0 Å². The van der Waals surface area contributed by atoms with Crippen molar-refractivity contribution in [2.75, 3.05) is 6.54 Å². The molecular formula is C13H18N2O2. The van der Waals surface area contributed by atoms with Gasteiger partial charge in [-0.15, -0.1) is 0 Å². The number of H-pyrrole nitrogens is 1. The predicted octanol–water partition coefficient (Wildman–Crippen LogP) is 2.04. The van der Waals surface area contributed by atoms with E-state index in [1.165, 1.54) is 5.56 Å². The summed E-state index contributed by atoms with van der Waals surface area (Å²) >= 11 is 0. The second-order valence-electron chi connectivity index (χ2n) is 5.22. The molecule has 0 aliphatic rings. The van der Waals surface area contributed by atoms with Crippen molar-refractivity contribution in [1.29, 1.82) is 0 Å². The zero-order valence-electron chi connectivity index (χ0n) is 10.2. The lowest BCUT2D eigenvalue weighted by Gasteiger charge is -2.23. The topological polar surface area (TPSA) is 72.0 Å². The molecule has 92 valence electrons. The van der Waals surface area contributed by atoms with Crippen molar-refractivity contribution in [3.63, 3.8) is 0 Å². The van der Waals surface area contributed by atoms with Crippen LogP contribution in [0.15, 0.2) is 27.4 Å². The predicted molar refractivity (Wildman–Crippen MR) is 68.0 cm³/mol. The molecule has 1 aromatic heterocycles. The number of fused-ring (bicyclic) bond motifs is 1. The molecule has 0 amide bonds. The fourth-order valence-corrected chi connectivity index (χ4v) is 2.13. The molecule has 17 heavy (non-hydrogen) atoms. The minimum absolute atomic E-state index is 0.166. The Morgan fingerprint density at radius 2 is 2.18 bits per heavy atom. The van der Waals surface area contributed by atoms with Crippen LogP contribution >= 0.6 is 0 Å². The van der Waals surface area contributed by atoms with Crippen LogP contribution in [-0.4, -0.2) is 11.5 Å². The Hall–Kier alpha value is -1.55. The molecule has 4 nitrogen and oxygen atoms in total. The molecule has 0 aliphatic heterocycles. The molecule has 0 bridgehead atoms. The van der Waals surface area contributed by atoms with E-state index in [1.807, 2.05) is 18.2 Å². The summed E-state index contributed by atoms with van der Waals surface area (Å²) in [6, 6.07) is 5.83. The van der Waals surface area contributed by atoms with Crippen molar-refractivity contribution in [3.8, 4) is 0 Å². The second-order valence-corrected chi connectivity index (χ2v) is 5.22. The molecule has 2 aromatic rings. The maximum absolute atomic E-state index is 11.0. The fraction of sp³-hybridized carbons (Fsp3) is 0.462. The first-order valence-electron chi connectivity index (χ1n) is 5.82. The second kappa shape index (κ2) is 4.37. The normalized spacial score (nSPS) is 12.2. The Kier molecular flexibility index (Phi) is 3.07. The molecule has 1 heterocycles. The summed E-state index contributed by atoms with van der Waals surface area (Å²) in [6.45, 7) is 5.07. The van der Waals surface area contributed by atoms with Gasteiger partial charge in [0.25, 0.3) is 0 Å². The van der Waals surface area contributed by atoms with E-state index < -0.39 is 5.76 Å². The van der Waals surface area contributed by atoms with Crippen LogP contribution in [0.1, 0.15) is 25.8 Å². The van der Waals surface area contributed by atoms with E-state index in [4.69, 9.17) is 10.2 Å². The number of nitrogens with one attached hydrogen (secondary N) is 1. The molecule has 0 saturated carbocycles. The molecule has 0 saturated heterocycles. The lowest BCUT2D eigenvalue weighted by atomic mass is 9.83. The van der Waals surface area contributed by atoms with Crippen molar-refractivity contribution in [2.45, 2.75) is 26.7 Å². The van der Waals surface area contributed by atoms with Gasteiger partial charge in [0.15, 0.2) is 5.58 Å². The average Bonchev–Trinajstić information content (AvgIpc) is 2.56. The van der Waals surface area contributed by atoms with Crippen molar-refractivity contribution in [2.24, 2.45) is 11.1 Å². The van der Waals surface area contributed by atoms with Crippen molar-refractivity contribution in [3.05, 3.63) is 34.3 Å². The molecule has 4 heteroatoms. The number of oxazole rings is 1. The first kappa shape index (κ1) is 11.9. The third-order valence-electron chi connectivity index (χ3n) is 2.99. The summed E-state index contributed by atoms with van der Waals surface area (Å²) in [5.74, 6) is -0.404. The standard InChI is InChI=1S/C13H18N2O2/c1-13(2,5-6-14)8-9-3-4-10-11(7-9)17-12(16)15-10/h3-4,7H,5-6,8,14H2,1-2H3,(H,15,16). The number of hydrogen-bond acceptors (Lipinski definition) is 3. The van der Waals surface area contributed by atoms with Gasteiger partial charge in [0.1, 0.15) is 0 Å². The first-order valence-corrected chi connectivity index (χ1v) is 5.82. The van der Waals surface area contributed by atoms with Crippen molar-refractivity contribution >= 4 is 11.1 Å². The van der Waals surface area contributed by atoms with Gasteiger partial charge in [-0.05, 0) is 42.5 Å². The van der Waals surface area contributed by atoms with Gasteiger partial charge in [0.2, 0.25) is 0 Å². The van der Waals surface area contributed by atoms with E-state index in [9.17, 15) is 4.79 Å². The molecular weight excluding hydrogens is 216 g/mol. The minimum atomic E-state index is -0.404. The van der Waals surface area contributed by atoms with Gasteiger partial charge in [-0.3, -0.25) is 4.98 Å². The highest BCUT2D eigenvalue weighted by Crippen LogP contribution is 2.26. The molecule has 0 fully saturated rings. The maximum Gasteiger partial charge on any atom is 0.417 e. The van der Waals surface area contributed by atoms with Gasteiger partial charge in [0, 0.05) is 0 Å². The van der Waals surface area contributed by atoms with E-state index >= 15 is 0 Å². The monoisotopic (exact) mass is 234 g/mol. The van der Waals surface area contributed by atoms with Crippen molar-refractivity contribution in [1.82, 2.24) is 4.98 Å². The van der Waals surface area contributed by atoms with Crippen LogP contribution in [-0.2, 0) is 6.42 Å². The van der Waals surface area contributed by atoms with Crippen LogP contribution in [0.2, 0.25) is 0 Å². The largest absolute Gasteiger partial charge is 0.417 e. The Balaban J connectivity index is 2.27. The summed E-state index contributed by atoms with van der Waals surface area (Å²) in [6.07, 6.45) is 1.90.